The molecule has 0 heterocycles. The Morgan fingerprint density at radius 3 is 2.12 bits per heavy atom. The van der Waals surface area contributed by atoms with Crippen LogP contribution in [0.2, 0.25) is 0 Å². The van der Waals surface area contributed by atoms with Gasteiger partial charge in [0.2, 0.25) is 0 Å². The molecule has 1 rings (SSSR count). The molecule has 5 nitrogen and oxygen atoms in total. The molecule has 0 atom stereocenters. The van der Waals surface area contributed by atoms with E-state index in [0.29, 0.717) is 0 Å². The Hall–Kier alpha value is -0.500. The van der Waals surface area contributed by atoms with Gasteiger partial charge in [-0.2, -0.15) is 14.0 Å². The zero-order chi connectivity index (χ0) is 13.3. The molecule has 0 bridgehead atoms. The molecule has 0 radical (unpaired) electrons. The van der Waals surface area contributed by atoms with Gasteiger partial charge in [-0.25, -0.2) is 0 Å². The summed E-state index contributed by atoms with van der Waals surface area (Å²) in [6.45, 7) is 0. The highest BCUT2D eigenvalue weighted by Crippen LogP contribution is 2.55. The Labute approximate surface area is 105 Å². The molecular formula is C10H16ClNO4S. The van der Waals surface area contributed by atoms with E-state index in [2.05, 4.69) is 3.74 Å². The average molecular weight is 282 g/mol. The normalized spacial score (nSPS) is 13.6. The van der Waals surface area contributed by atoms with Crippen LogP contribution in [-0.2, 0) is 3.74 Å². The lowest BCUT2D eigenvalue weighted by molar-refractivity contribution is -1.91. The molecule has 0 saturated carbocycles. The van der Waals surface area contributed by atoms with Crippen molar-refractivity contribution in [2.75, 3.05) is 31.5 Å². The summed E-state index contributed by atoms with van der Waals surface area (Å²) in [5, 5.41) is 0. The lowest BCUT2D eigenvalue weighted by atomic mass is 10.3. The van der Waals surface area contributed by atoms with E-state index in [0.717, 1.165) is 10.6 Å². The van der Waals surface area contributed by atoms with E-state index in [1.807, 2.05) is 31.1 Å². The fraction of sp³-hybridized carbons (Fsp3) is 0.400. The van der Waals surface area contributed by atoms with Crippen molar-refractivity contribution in [1.29, 1.82) is 0 Å². The predicted molar refractivity (Wildman–Crippen MR) is 59.6 cm³/mol. The molecule has 0 aliphatic rings. The van der Waals surface area contributed by atoms with Gasteiger partial charge in [0.15, 0.2) is 0 Å². The number of para-hydroxylation sites is 1. The standard InChI is InChI=1S/C10H16ClNO4S/c1-12(2)9-7-5-6-8-10(9)17(3,4)16-11(13,14)15/h5-8H,1-4H3. The summed E-state index contributed by atoms with van der Waals surface area (Å²) in [6.07, 6.45) is 3.25. The van der Waals surface area contributed by atoms with Crippen molar-refractivity contribution in [3.8, 4) is 0 Å². The van der Waals surface area contributed by atoms with Gasteiger partial charge in [0.25, 0.3) is 0 Å². The first-order chi connectivity index (χ1) is 7.63. The van der Waals surface area contributed by atoms with Crippen molar-refractivity contribution in [3.05, 3.63) is 24.3 Å². The second-order valence-electron chi connectivity index (χ2n) is 4.04. The molecule has 0 unspecified atom stereocenters. The molecule has 17 heavy (non-hydrogen) atoms. The van der Waals surface area contributed by atoms with Gasteiger partial charge < -0.3 is 4.90 Å². The van der Waals surface area contributed by atoms with E-state index in [4.69, 9.17) is 0 Å². The van der Waals surface area contributed by atoms with E-state index in [1.54, 1.807) is 24.6 Å². The maximum atomic E-state index is 10.7. The van der Waals surface area contributed by atoms with Crippen LogP contribution in [0.3, 0.4) is 0 Å². The minimum absolute atomic E-state index is 0.719. The van der Waals surface area contributed by atoms with Gasteiger partial charge in [0, 0.05) is 36.9 Å². The second kappa shape index (κ2) is 5.01. The first-order valence-corrected chi connectivity index (χ1v) is 8.36. The SMILES string of the molecule is CN(C)c1ccccc1S(C)(C)O[Cl+3]([O-])([O-])[O-]. The third-order valence-electron chi connectivity index (χ3n) is 2.11. The fourth-order valence-corrected chi connectivity index (χ4v) is 4.44. The van der Waals surface area contributed by atoms with Crippen LogP contribution in [0.4, 0.5) is 5.69 Å². The van der Waals surface area contributed by atoms with Crippen LogP contribution < -0.4 is 18.9 Å². The number of halogens is 1. The van der Waals surface area contributed by atoms with E-state index in [-0.39, 0.29) is 0 Å². The fourth-order valence-electron chi connectivity index (χ4n) is 1.47. The van der Waals surface area contributed by atoms with Crippen molar-refractivity contribution < 1.29 is 28.0 Å². The molecule has 0 fully saturated rings. The first-order valence-electron chi connectivity index (χ1n) is 4.75. The molecule has 1 aromatic carbocycles. The zero-order valence-corrected chi connectivity index (χ0v) is 11.7. The minimum Gasteiger partial charge on any atom is -0.377 e. The van der Waals surface area contributed by atoms with Crippen molar-refractivity contribution in [2.45, 2.75) is 4.90 Å². The van der Waals surface area contributed by atoms with Gasteiger partial charge >= 0.3 is 0 Å². The largest absolute Gasteiger partial charge is 0.377 e. The molecule has 7 heteroatoms. The topological polar surface area (TPSA) is 81.7 Å². The predicted octanol–water partition coefficient (Wildman–Crippen LogP) is -0.995. The Bertz CT molecular complexity index is 392. The summed E-state index contributed by atoms with van der Waals surface area (Å²) in [7, 11) is -2.88. The number of rotatable bonds is 4. The molecule has 0 spiro atoms. The van der Waals surface area contributed by atoms with Crippen LogP contribution in [0.15, 0.2) is 29.2 Å². The summed E-state index contributed by atoms with van der Waals surface area (Å²) in [5.41, 5.74) is 0.839. The summed E-state index contributed by atoms with van der Waals surface area (Å²) in [5.74, 6) is 0. The Morgan fingerprint density at radius 1 is 1.12 bits per heavy atom. The minimum atomic E-state index is -4.42. The van der Waals surface area contributed by atoms with E-state index >= 15 is 0 Å². The van der Waals surface area contributed by atoms with Crippen molar-refractivity contribution >= 4 is 16.0 Å². The van der Waals surface area contributed by atoms with Crippen LogP contribution >= 0.6 is 10.3 Å². The van der Waals surface area contributed by atoms with Gasteiger partial charge in [0.1, 0.15) is 3.74 Å². The number of hydrogen-bond acceptors (Lipinski definition) is 5. The molecule has 0 amide bonds. The summed E-state index contributed by atoms with van der Waals surface area (Å²) in [6, 6.07) is 7.25. The van der Waals surface area contributed by atoms with Crippen LogP contribution in [0.25, 0.3) is 0 Å². The van der Waals surface area contributed by atoms with Crippen LogP contribution in [0, 0.1) is 10.2 Å². The van der Waals surface area contributed by atoms with Gasteiger partial charge in [-0.3, -0.25) is 0 Å². The van der Waals surface area contributed by atoms with Gasteiger partial charge in [0.05, 0.1) is 20.8 Å². The summed E-state index contributed by atoms with van der Waals surface area (Å²) >= 11 is 0. The maximum Gasteiger partial charge on any atom is 0.125 e. The summed E-state index contributed by atoms with van der Waals surface area (Å²) < 4.78 is 36.8. The molecule has 98 valence electrons. The van der Waals surface area contributed by atoms with Crippen LogP contribution in [-0.4, -0.2) is 26.6 Å². The van der Waals surface area contributed by atoms with Crippen molar-refractivity contribution in [2.24, 2.45) is 0 Å². The zero-order valence-electron chi connectivity index (χ0n) is 10.2. The number of nitrogens with zero attached hydrogens (tertiary/aromatic N) is 1. The molecule has 0 aromatic heterocycles. The Kier molecular flexibility index (Phi) is 4.29. The number of benzene rings is 1. The van der Waals surface area contributed by atoms with E-state index in [1.165, 1.54) is 0 Å². The molecule has 0 aliphatic carbocycles. The van der Waals surface area contributed by atoms with Gasteiger partial charge in [-0.1, -0.05) is 12.1 Å². The lowest BCUT2D eigenvalue weighted by Crippen LogP contribution is -2.61. The second-order valence-corrected chi connectivity index (χ2v) is 8.20. The maximum absolute atomic E-state index is 10.7. The summed E-state index contributed by atoms with van der Waals surface area (Å²) in [4.78, 5) is 2.57. The lowest BCUT2D eigenvalue weighted by Gasteiger charge is -2.30. The molecule has 1 aromatic rings. The third kappa shape index (κ3) is 4.02. The highest BCUT2D eigenvalue weighted by molar-refractivity contribution is 8.28. The van der Waals surface area contributed by atoms with Gasteiger partial charge in [-0.05, 0) is 12.1 Å². The Balaban J connectivity index is 3.14. The third-order valence-corrected chi connectivity index (χ3v) is 5.39. The van der Waals surface area contributed by atoms with Crippen LogP contribution in [0.5, 0.6) is 0 Å². The van der Waals surface area contributed by atoms with Gasteiger partial charge in [-0.15, -0.1) is 0 Å². The first kappa shape index (κ1) is 14.6. The average Bonchev–Trinajstić information content (AvgIpc) is 2.14. The molecular weight excluding hydrogens is 266 g/mol. The van der Waals surface area contributed by atoms with Crippen molar-refractivity contribution in [1.82, 2.24) is 0 Å². The quantitative estimate of drug-likeness (QED) is 0.707. The Morgan fingerprint density at radius 2 is 1.65 bits per heavy atom. The highest BCUT2D eigenvalue weighted by Gasteiger charge is 2.35. The smallest absolute Gasteiger partial charge is 0.125 e. The van der Waals surface area contributed by atoms with Crippen LogP contribution in [0.1, 0.15) is 0 Å². The van der Waals surface area contributed by atoms with E-state index in [9.17, 15) is 14.0 Å². The highest BCUT2D eigenvalue weighted by atomic mass is 35.7. The molecule has 0 aliphatic heterocycles. The van der Waals surface area contributed by atoms with Crippen molar-refractivity contribution in [3.63, 3.8) is 0 Å². The monoisotopic (exact) mass is 281 g/mol. The van der Waals surface area contributed by atoms with E-state index < -0.39 is 20.6 Å². The number of anilines is 1. The molecule has 0 saturated heterocycles. The molecule has 0 N–H and O–H groups in total. The number of hydrogen-bond donors (Lipinski definition) is 0.